The first-order valence-corrected chi connectivity index (χ1v) is 13.9. The summed E-state index contributed by atoms with van der Waals surface area (Å²) in [5.41, 5.74) is 5.96. The predicted octanol–water partition coefficient (Wildman–Crippen LogP) is 7.24. The van der Waals surface area contributed by atoms with Crippen molar-refractivity contribution in [3.05, 3.63) is 58.2 Å². The monoisotopic (exact) mass is 468 g/mol. The Morgan fingerprint density at radius 3 is 2.37 bits per heavy atom. The second-order valence-corrected chi connectivity index (χ2v) is 13.3. The van der Waals surface area contributed by atoms with Gasteiger partial charge in [0.25, 0.3) is 0 Å². The maximum absolute atomic E-state index is 12.3. The van der Waals surface area contributed by atoms with E-state index in [0.29, 0.717) is 30.0 Å². The van der Waals surface area contributed by atoms with Gasteiger partial charge in [-0.15, -0.1) is 0 Å². The summed E-state index contributed by atoms with van der Waals surface area (Å²) in [4.78, 5) is 12.3. The van der Waals surface area contributed by atoms with Crippen LogP contribution in [0.15, 0.2) is 47.1 Å². The van der Waals surface area contributed by atoms with Gasteiger partial charge in [0, 0.05) is 23.2 Å². The minimum absolute atomic E-state index is 0.122. The standard InChI is InChI=1S/C33H40O2/c1-31(2,3)17-18-33(35)16-15-29-27-13-11-24-19-25(34)12-14-26(24)30(27)28(20-32(29,33)4)23-9-7-22(8-10-23)21-5-6-21/h7-10,19,21,27-29,35H,5-6,11-16,20H2,1-4H3/t27-,28+,29-,32-,33+/m0/s1. The van der Waals surface area contributed by atoms with Crippen LogP contribution >= 0.6 is 0 Å². The van der Waals surface area contributed by atoms with E-state index in [1.807, 2.05) is 6.08 Å². The van der Waals surface area contributed by atoms with E-state index in [-0.39, 0.29) is 10.8 Å². The second-order valence-electron chi connectivity index (χ2n) is 13.3. The lowest BCUT2D eigenvalue weighted by Crippen LogP contribution is -2.51. The first-order chi connectivity index (χ1) is 16.6. The SMILES string of the molecule is CC(C)(C)C#C[C@]1(O)CC[C@H]2[C@@H]3CCC4=CC(=O)CCC4=C3[C@@H](c3ccc(C4CC4)cc3)C[C@@]21C. The van der Waals surface area contributed by atoms with E-state index in [0.717, 1.165) is 44.4 Å². The molecule has 184 valence electrons. The smallest absolute Gasteiger partial charge is 0.156 e. The average molecular weight is 469 g/mol. The highest BCUT2D eigenvalue weighted by molar-refractivity contribution is 5.93. The topological polar surface area (TPSA) is 37.3 Å². The third-order valence-electron chi connectivity index (χ3n) is 9.92. The molecule has 3 fully saturated rings. The van der Waals surface area contributed by atoms with Crippen LogP contribution < -0.4 is 0 Å². The first-order valence-electron chi connectivity index (χ1n) is 13.9. The van der Waals surface area contributed by atoms with Gasteiger partial charge >= 0.3 is 0 Å². The third kappa shape index (κ3) is 3.86. The molecule has 0 bridgehead atoms. The van der Waals surface area contributed by atoms with E-state index < -0.39 is 5.60 Å². The molecule has 0 heterocycles. The van der Waals surface area contributed by atoms with E-state index in [9.17, 15) is 9.90 Å². The highest BCUT2D eigenvalue weighted by Crippen LogP contribution is 2.66. The van der Waals surface area contributed by atoms with Gasteiger partial charge in [0.1, 0.15) is 5.60 Å². The summed E-state index contributed by atoms with van der Waals surface area (Å²) in [6.07, 6.45) is 11.0. The zero-order valence-electron chi connectivity index (χ0n) is 21.9. The van der Waals surface area contributed by atoms with Gasteiger partial charge in [-0.1, -0.05) is 48.6 Å². The number of hydrogen-bond donors (Lipinski definition) is 1. The number of aliphatic hydroxyl groups is 1. The lowest BCUT2D eigenvalue weighted by atomic mass is 9.51. The Hall–Kier alpha value is -2.11. The Morgan fingerprint density at radius 1 is 0.971 bits per heavy atom. The maximum Gasteiger partial charge on any atom is 0.156 e. The Bertz CT molecular complexity index is 1180. The van der Waals surface area contributed by atoms with Crippen molar-refractivity contribution in [3.8, 4) is 11.8 Å². The number of ketones is 1. The molecule has 2 heteroatoms. The minimum atomic E-state index is -0.938. The van der Waals surface area contributed by atoms with Crippen molar-refractivity contribution in [2.75, 3.05) is 0 Å². The number of allylic oxidation sites excluding steroid dienone is 4. The Balaban J connectivity index is 1.47. The molecule has 0 spiro atoms. The molecule has 35 heavy (non-hydrogen) atoms. The van der Waals surface area contributed by atoms with E-state index >= 15 is 0 Å². The molecule has 1 aromatic carbocycles. The fraction of sp³-hybridized carbons (Fsp3) is 0.606. The van der Waals surface area contributed by atoms with Gasteiger partial charge in [0.2, 0.25) is 0 Å². The highest BCUT2D eigenvalue weighted by Gasteiger charge is 2.62. The fourth-order valence-corrected chi connectivity index (χ4v) is 7.88. The summed E-state index contributed by atoms with van der Waals surface area (Å²) in [5, 5.41) is 12.1. The summed E-state index contributed by atoms with van der Waals surface area (Å²) in [6.45, 7) is 8.73. The maximum atomic E-state index is 12.3. The van der Waals surface area contributed by atoms with Crippen LogP contribution in [0.1, 0.15) is 108 Å². The van der Waals surface area contributed by atoms with Gasteiger partial charge in [-0.25, -0.2) is 0 Å². The number of benzene rings is 1. The molecule has 3 saturated carbocycles. The van der Waals surface area contributed by atoms with Crippen molar-refractivity contribution in [3.63, 3.8) is 0 Å². The van der Waals surface area contributed by atoms with Crippen LogP contribution in [-0.2, 0) is 4.79 Å². The van der Waals surface area contributed by atoms with Crippen molar-refractivity contribution in [2.24, 2.45) is 22.7 Å². The molecule has 0 aromatic heterocycles. The van der Waals surface area contributed by atoms with Crippen LogP contribution in [0, 0.1) is 34.5 Å². The molecular formula is C33H40O2. The number of carbonyl (C=O) groups is 1. The Labute approximate surface area is 211 Å². The Kier molecular flexibility index (Phi) is 5.29. The third-order valence-corrected chi connectivity index (χ3v) is 9.92. The van der Waals surface area contributed by atoms with E-state index in [4.69, 9.17) is 0 Å². The van der Waals surface area contributed by atoms with Crippen LogP contribution in [0.2, 0.25) is 0 Å². The summed E-state index contributed by atoms with van der Waals surface area (Å²) in [7, 11) is 0. The first kappa shape index (κ1) is 23.3. The number of hydrogen-bond acceptors (Lipinski definition) is 2. The molecule has 5 aliphatic carbocycles. The molecular weight excluding hydrogens is 428 g/mol. The van der Waals surface area contributed by atoms with Gasteiger partial charge in [-0.05, 0) is 118 Å². The molecule has 0 aliphatic heterocycles. The molecule has 1 N–H and O–H groups in total. The number of rotatable bonds is 2. The second kappa shape index (κ2) is 7.94. The zero-order chi connectivity index (χ0) is 24.6. The van der Waals surface area contributed by atoms with Crippen molar-refractivity contribution in [2.45, 2.75) is 103 Å². The van der Waals surface area contributed by atoms with Gasteiger partial charge in [-0.3, -0.25) is 4.79 Å². The minimum Gasteiger partial charge on any atom is -0.377 e. The summed E-state index contributed by atoms with van der Waals surface area (Å²) < 4.78 is 0. The molecule has 1 aromatic rings. The van der Waals surface area contributed by atoms with Crippen molar-refractivity contribution < 1.29 is 9.90 Å². The normalized spacial score (nSPS) is 36.5. The van der Waals surface area contributed by atoms with Crippen molar-refractivity contribution >= 4 is 5.78 Å². The van der Waals surface area contributed by atoms with Gasteiger partial charge in [0.15, 0.2) is 5.78 Å². The molecule has 0 unspecified atom stereocenters. The lowest BCUT2D eigenvalue weighted by molar-refractivity contribution is -0.114. The summed E-state index contributed by atoms with van der Waals surface area (Å²) in [5.74, 6) is 9.11. The lowest BCUT2D eigenvalue weighted by Gasteiger charge is -2.53. The molecule has 6 rings (SSSR count). The predicted molar refractivity (Wildman–Crippen MR) is 141 cm³/mol. The molecule has 5 aliphatic rings. The number of fused-ring (bicyclic) bond motifs is 4. The van der Waals surface area contributed by atoms with Crippen LogP contribution in [0.3, 0.4) is 0 Å². The molecule has 0 saturated heterocycles. The van der Waals surface area contributed by atoms with E-state index in [1.54, 1.807) is 5.57 Å². The fourth-order valence-electron chi connectivity index (χ4n) is 7.88. The van der Waals surface area contributed by atoms with Crippen LogP contribution in [0.4, 0.5) is 0 Å². The van der Waals surface area contributed by atoms with Gasteiger partial charge in [0.05, 0.1) is 0 Å². The van der Waals surface area contributed by atoms with Crippen molar-refractivity contribution in [1.29, 1.82) is 0 Å². The summed E-state index contributed by atoms with van der Waals surface area (Å²) in [6, 6.07) is 9.44. The Morgan fingerprint density at radius 2 is 1.69 bits per heavy atom. The quantitative estimate of drug-likeness (QED) is 0.464. The van der Waals surface area contributed by atoms with Crippen LogP contribution in [-0.4, -0.2) is 16.5 Å². The van der Waals surface area contributed by atoms with Gasteiger partial charge in [-0.2, -0.15) is 0 Å². The molecule has 0 amide bonds. The largest absolute Gasteiger partial charge is 0.377 e. The molecule has 0 radical (unpaired) electrons. The highest BCUT2D eigenvalue weighted by atomic mass is 16.3. The van der Waals surface area contributed by atoms with Gasteiger partial charge < -0.3 is 5.11 Å². The summed E-state index contributed by atoms with van der Waals surface area (Å²) >= 11 is 0. The average Bonchev–Trinajstić information content (AvgIpc) is 3.63. The molecule has 2 nitrogen and oxygen atoms in total. The zero-order valence-corrected chi connectivity index (χ0v) is 21.9. The van der Waals surface area contributed by atoms with Crippen molar-refractivity contribution in [1.82, 2.24) is 0 Å². The molecule has 5 atom stereocenters. The van der Waals surface area contributed by atoms with E-state index in [2.05, 4.69) is 63.8 Å². The van der Waals surface area contributed by atoms with Crippen LogP contribution in [0.5, 0.6) is 0 Å². The van der Waals surface area contributed by atoms with E-state index in [1.165, 1.54) is 35.1 Å². The number of carbonyl (C=O) groups excluding carboxylic acids is 1. The van der Waals surface area contributed by atoms with Crippen LogP contribution in [0.25, 0.3) is 0 Å².